The van der Waals surface area contributed by atoms with E-state index in [1.54, 1.807) is 11.3 Å². The zero-order chi connectivity index (χ0) is 10.7. The van der Waals surface area contributed by atoms with Gasteiger partial charge in [0, 0.05) is 4.88 Å². The van der Waals surface area contributed by atoms with E-state index in [1.165, 1.54) is 4.88 Å². The molecule has 0 radical (unpaired) electrons. The molecule has 0 unspecified atom stereocenters. The normalized spacial score (nSPS) is 18.3. The van der Waals surface area contributed by atoms with Gasteiger partial charge in [0.25, 0.3) is 0 Å². The molecule has 1 aromatic heterocycles. The van der Waals surface area contributed by atoms with Crippen molar-refractivity contribution in [2.24, 2.45) is 0 Å². The van der Waals surface area contributed by atoms with Crippen molar-refractivity contribution in [3.63, 3.8) is 0 Å². The van der Waals surface area contributed by atoms with Gasteiger partial charge in [-0.3, -0.25) is 0 Å². The molecule has 0 spiro atoms. The Morgan fingerprint density at radius 2 is 2.13 bits per heavy atom. The summed E-state index contributed by atoms with van der Waals surface area (Å²) in [6.45, 7) is 7.02. The molecule has 2 heterocycles. The van der Waals surface area contributed by atoms with Crippen LogP contribution in [-0.2, 0) is 11.3 Å². The minimum atomic E-state index is 0.427. The van der Waals surface area contributed by atoms with E-state index in [4.69, 9.17) is 4.74 Å². The minimum absolute atomic E-state index is 0.427. The van der Waals surface area contributed by atoms with Crippen LogP contribution in [0.1, 0.15) is 28.4 Å². The van der Waals surface area contributed by atoms with E-state index < -0.39 is 0 Å². The lowest BCUT2D eigenvalue weighted by molar-refractivity contribution is 0.0211. The first-order chi connectivity index (χ1) is 7.25. The Labute approximate surface area is 94.9 Å². The molecule has 1 aliphatic heterocycles. The summed E-state index contributed by atoms with van der Waals surface area (Å²) in [6, 6.07) is 0. The fourth-order valence-corrected chi connectivity index (χ4v) is 2.61. The third-order valence-corrected chi connectivity index (χ3v) is 3.85. The number of rotatable bonds is 3. The molecule has 0 atom stereocenters. The zero-order valence-electron chi connectivity index (χ0n) is 9.38. The molecule has 0 saturated carbocycles. The van der Waals surface area contributed by atoms with Crippen LogP contribution >= 0.6 is 11.3 Å². The highest BCUT2D eigenvalue weighted by Crippen LogP contribution is 2.18. The summed E-state index contributed by atoms with van der Waals surface area (Å²) in [7, 11) is 0. The van der Waals surface area contributed by atoms with E-state index in [1.807, 2.05) is 0 Å². The van der Waals surface area contributed by atoms with Crippen molar-refractivity contribution in [3.8, 4) is 0 Å². The SMILES string of the molecule is Cc1nc(COC2CCNCC2)sc1C. The number of hydrogen-bond donors (Lipinski definition) is 1. The summed E-state index contributed by atoms with van der Waals surface area (Å²) >= 11 is 1.75. The van der Waals surface area contributed by atoms with E-state index >= 15 is 0 Å². The largest absolute Gasteiger partial charge is 0.371 e. The molecule has 0 aliphatic carbocycles. The molecular weight excluding hydrogens is 208 g/mol. The number of ether oxygens (including phenoxy) is 1. The molecular formula is C11H18N2OS. The molecule has 1 aromatic rings. The van der Waals surface area contributed by atoms with Crippen molar-refractivity contribution in [2.75, 3.05) is 13.1 Å². The Morgan fingerprint density at radius 1 is 1.40 bits per heavy atom. The third-order valence-electron chi connectivity index (χ3n) is 2.80. The number of aromatic nitrogens is 1. The van der Waals surface area contributed by atoms with Gasteiger partial charge in [-0.05, 0) is 39.8 Å². The monoisotopic (exact) mass is 226 g/mol. The molecule has 84 valence electrons. The van der Waals surface area contributed by atoms with Crippen LogP contribution in [0, 0.1) is 13.8 Å². The van der Waals surface area contributed by atoms with E-state index in [0.717, 1.165) is 36.6 Å². The number of nitrogens with one attached hydrogen (secondary N) is 1. The molecule has 2 rings (SSSR count). The second kappa shape index (κ2) is 5.05. The first-order valence-corrected chi connectivity index (χ1v) is 6.32. The van der Waals surface area contributed by atoms with Crippen LogP contribution in [0.25, 0.3) is 0 Å². The summed E-state index contributed by atoms with van der Waals surface area (Å²) in [5.41, 5.74) is 1.14. The maximum Gasteiger partial charge on any atom is 0.119 e. The van der Waals surface area contributed by atoms with Gasteiger partial charge in [-0.25, -0.2) is 4.98 Å². The van der Waals surface area contributed by atoms with E-state index in [0.29, 0.717) is 12.7 Å². The molecule has 1 fully saturated rings. The van der Waals surface area contributed by atoms with Gasteiger partial charge in [0.1, 0.15) is 5.01 Å². The number of thiazole rings is 1. The van der Waals surface area contributed by atoms with Crippen molar-refractivity contribution in [1.82, 2.24) is 10.3 Å². The number of hydrogen-bond acceptors (Lipinski definition) is 4. The van der Waals surface area contributed by atoms with Crippen LogP contribution in [-0.4, -0.2) is 24.2 Å². The smallest absolute Gasteiger partial charge is 0.119 e. The molecule has 15 heavy (non-hydrogen) atoms. The van der Waals surface area contributed by atoms with E-state index in [-0.39, 0.29) is 0 Å². The Bertz CT molecular complexity index is 299. The topological polar surface area (TPSA) is 34.1 Å². The fraction of sp³-hybridized carbons (Fsp3) is 0.727. The molecule has 3 nitrogen and oxygen atoms in total. The van der Waals surface area contributed by atoms with Crippen LogP contribution in [0.5, 0.6) is 0 Å². The highest BCUT2D eigenvalue weighted by Gasteiger charge is 2.14. The Balaban J connectivity index is 1.81. The molecule has 1 aliphatic rings. The van der Waals surface area contributed by atoms with Gasteiger partial charge >= 0.3 is 0 Å². The van der Waals surface area contributed by atoms with Crippen molar-refractivity contribution in [3.05, 3.63) is 15.6 Å². The Morgan fingerprint density at radius 3 is 2.73 bits per heavy atom. The second-order valence-electron chi connectivity index (χ2n) is 4.01. The lowest BCUT2D eigenvalue weighted by atomic mass is 10.1. The van der Waals surface area contributed by atoms with Gasteiger partial charge in [0.2, 0.25) is 0 Å². The van der Waals surface area contributed by atoms with Crippen molar-refractivity contribution in [1.29, 1.82) is 0 Å². The minimum Gasteiger partial charge on any atom is -0.371 e. The molecule has 0 amide bonds. The van der Waals surface area contributed by atoms with Gasteiger partial charge in [0.15, 0.2) is 0 Å². The molecule has 4 heteroatoms. The average molecular weight is 226 g/mol. The second-order valence-corrected chi connectivity index (χ2v) is 5.30. The maximum absolute atomic E-state index is 5.85. The first-order valence-electron chi connectivity index (χ1n) is 5.51. The van der Waals surface area contributed by atoms with Crippen molar-refractivity contribution < 1.29 is 4.74 Å². The lowest BCUT2D eigenvalue weighted by Crippen LogP contribution is -2.32. The summed E-state index contributed by atoms with van der Waals surface area (Å²) < 4.78 is 5.85. The van der Waals surface area contributed by atoms with E-state index in [2.05, 4.69) is 24.1 Å². The number of nitrogens with zero attached hydrogens (tertiary/aromatic N) is 1. The van der Waals surface area contributed by atoms with Gasteiger partial charge in [-0.2, -0.15) is 0 Å². The highest BCUT2D eigenvalue weighted by atomic mass is 32.1. The molecule has 1 N–H and O–H groups in total. The van der Waals surface area contributed by atoms with Crippen molar-refractivity contribution in [2.45, 2.75) is 39.4 Å². The number of piperidine rings is 1. The predicted molar refractivity (Wildman–Crippen MR) is 62.3 cm³/mol. The third kappa shape index (κ3) is 3.00. The van der Waals surface area contributed by atoms with Crippen LogP contribution in [0.4, 0.5) is 0 Å². The quantitative estimate of drug-likeness (QED) is 0.856. The summed E-state index contributed by atoms with van der Waals surface area (Å²) in [4.78, 5) is 5.78. The summed E-state index contributed by atoms with van der Waals surface area (Å²) in [5.74, 6) is 0. The van der Waals surface area contributed by atoms with Crippen LogP contribution < -0.4 is 5.32 Å². The van der Waals surface area contributed by atoms with Crippen LogP contribution in [0.2, 0.25) is 0 Å². The average Bonchev–Trinajstić information content (AvgIpc) is 2.57. The predicted octanol–water partition coefficient (Wildman–Crippen LogP) is 2.03. The Hall–Kier alpha value is -0.450. The lowest BCUT2D eigenvalue weighted by Gasteiger charge is -2.22. The highest BCUT2D eigenvalue weighted by molar-refractivity contribution is 7.11. The van der Waals surface area contributed by atoms with Gasteiger partial charge < -0.3 is 10.1 Å². The first kappa shape index (κ1) is 11.0. The maximum atomic E-state index is 5.85. The standard InChI is InChI=1S/C11H18N2OS/c1-8-9(2)15-11(13-8)7-14-10-3-5-12-6-4-10/h10,12H,3-7H2,1-2H3. The van der Waals surface area contributed by atoms with Crippen LogP contribution in [0.3, 0.4) is 0 Å². The van der Waals surface area contributed by atoms with Gasteiger partial charge in [-0.15, -0.1) is 11.3 Å². The van der Waals surface area contributed by atoms with Gasteiger partial charge in [-0.1, -0.05) is 0 Å². The fourth-order valence-electron chi connectivity index (χ4n) is 1.75. The summed E-state index contributed by atoms with van der Waals surface area (Å²) in [6.07, 6.45) is 2.68. The van der Waals surface area contributed by atoms with Gasteiger partial charge in [0.05, 0.1) is 18.4 Å². The summed E-state index contributed by atoms with van der Waals surface area (Å²) in [5, 5.41) is 4.45. The molecule has 0 bridgehead atoms. The van der Waals surface area contributed by atoms with Crippen molar-refractivity contribution >= 4 is 11.3 Å². The Kier molecular flexibility index (Phi) is 3.72. The van der Waals surface area contributed by atoms with E-state index in [9.17, 15) is 0 Å². The number of aryl methyl sites for hydroxylation is 2. The molecule has 0 aromatic carbocycles. The molecule has 1 saturated heterocycles. The van der Waals surface area contributed by atoms with Crippen LogP contribution in [0.15, 0.2) is 0 Å². The zero-order valence-corrected chi connectivity index (χ0v) is 10.2.